The highest BCUT2D eigenvalue weighted by atomic mass is 32.1. The SMILES string of the molecule is C=CCN1C(=S)NC2CC1(C)Oc1ccc(OC)cc12. The van der Waals surface area contributed by atoms with Crippen LogP contribution in [0, 0.1) is 0 Å². The summed E-state index contributed by atoms with van der Waals surface area (Å²) in [5.74, 6) is 1.71. The standard InChI is InChI=1S/C15H18N2O2S/c1-4-7-17-14(20)16-12-9-15(17,2)19-13-6-5-10(18-3)8-11(12)13/h4-6,8,12H,1,7,9H2,2-3H3,(H,16,20). The van der Waals surface area contributed by atoms with Gasteiger partial charge in [0.05, 0.1) is 13.2 Å². The number of thiocarbonyl (C=S) groups is 1. The number of ether oxygens (including phenoxy) is 2. The van der Waals surface area contributed by atoms with Crippen LogP contribution in [-0.2, 0) is 0 Å². The smallest absolute Gasteiger partial charge is 0.184 e. The number of nitrogens with zero attached hydrogens (tertiary/aromatic N) is 1. The average Bonchev–Trinajstić information content (AvgIpc) is 2.43. The van der Waals surface area contributed by atoms with Gasteiger partial charge in [0.2, 0.25) is 0 Å². The van der Waals surface area contributed by atoms with Crippen molar-refractivity contribution < 1.29 is 9.47 Å². The van der Waals surface area contributed by atoms with Crippen molar-refractivity contribution in [3.05, 3.63) is 36.4 Å². The van der Waals surface area contributed by atoms with E-state index in [1.165, 1.54) is 0 Å². The zero-order chi connectivity index (χ0) is 14.3. The van der Waals surface area contributed by atoms with Crippen LogP contribution in [0.1, 0.15) is 24.9 Å². The van der Waals surface area contributed by atoms with Crippen molar-refractivity contribution in [2.45, 2.75) is 25.1 Å². The normalized spacial score (nSPS) is 27.2. The lowest BCUT2D eigenvalue weighted by molar-refractivity contribution is -0.0631. The molecule has 2 unspecified atom stereocenters. The molecule has 0 radical (unpaired) electrons. The molecule has 1 fully saturated rings. The number of fused-ring (bicyclic) bond motifs is 4. The Morgan fingerprint density at radius 1 is 1.65 bits per heavy atom. The summed E-state index contributed by atoms with van der Waals surface area (Å²) in [5.41, 5.74) is 0.672. The number of hydrogen-bond donors (Lipinski definition) is 1. The molecule has 106 valence electrons. The van der Waals surface area contributed by atoms with Crippen LogP contribution in [0.5, 0.6) is 11.5 Å². The average molecular weight is 290 g/mol. The van der Waals surface area contributed by atoms with Crippen molar-refractivity contribution in [1.82, 2.24) is 10.2 Å². The maximum atomic E-state index is 6.22. The van der Waals surface area contributed by atoms with E-state index in [9.17, 15) is 0 Å². The van der Waals surface area contributed by atoms with Gasteiger partial charge in [-0.1, -0.05) is 6.08 Å². The fraction of sp³-hybridized carbons (Fsp3) is 0.400. The lowest BCUT2D eigenvalue weighted by Crippen LogP contribution is -2.64. The van der Waals surface area contributed by atoms with E-state index < -0.39 is 5.72 Å². The molecular weight excluding hydrogens is 272 g/mol. The molecule has 20 heavy (non-hydrogen) atoms. The minimum atomic E-state index is -0.428. The number of methoxy groups -OCH3 is 1. The van der Waals surface area contributed by atoms with Crippen molar-refractivity contribution >= 4 is 17.3 Å². The molecule has 0 amide bonds. The van der Waals surface area contributed by atoms with Crippen LogP contribution in [0.15, 0.2) is 30.9 Å². The third kappa shape index (κ3) is 1.93. The van der Waals surface area contributed by atoms with Gasteiger partial charge in [0.1, 0.15) is 11.5 Å². The van der Waals surface area contributed by atoms with Crippen molar-refractivity contribution in [2.75, 3.05) is 13.7 Å². The van der Waals surface area contributed by atoms with E-state index in [1.54, 1.807) is 7.11 Å². The topological polar surface area (TPSA) is 33.7 Å². The van der Waals surface area contributed by atoms with Gasteiger partial charge in [-0.2, -0.15) is 0 Å². The Balaban J connectivity index is 2.02. The highest BCUT2D eigenvalue weighted by Crippen LogP contribution is 2.45. The van der Waals surface area contributed by atoms with Gasteiger partial charge in [-0.05, 0) is 37.3 Å². The first-order chi connectivity index (χ1) is 9.57. The molecule has 1 aromatic carbocycles. The van der Waals surface area contributed by atoms with Crippen LogP contribution in [0.25, 0.3) is 0 Å². The highest BCUT2D eigenvalue weighted by Gasteiger charge is 2.47. The Bertz CT molecular complexity index is 575. The second-order valence-corrected chi connectivity index (χ2v) is 5.67. The molecule has 1 N–H and O–H groups in total. The molecule has 2 aliphatic heterocycles. The molecule has 4 nitrogen and oxygen atoms in total. The Morgan fingerprint density at radius 2 is 2.45 bits per heavy atom. The molecule has 0 saturated carbocycles. The summed E-state index contributed by atoms with van der Waals surface area (Å²) >= 11 is 5.46. The van der Waals surface area contributed by atoms with Crippen LogP contribution in [0.3, 0.4) is 0 Å². The fourth-order valence-electron chi connectivity index (χ4n) is 2.93. The number of benzene rings is 1. The van der Waals surface area contributed by atoms with Gasteiger partial charge in [0.15, 0.2) is 10.8 Å². The predicted octanol–water partition coefficient (Wildman–Crippen LogP) is 2.61. The molecule has 2 heterocycles. The second kappa shape index (κ2) is 4.66. The number of nitrogens with one attached hydrogen (secondary N) is 1. The number of hydrogen-bond acceptors (Lipinski definition) is 3. The van der Waals surface area contributed by atoms with Crippen LogP contribution >= 0.6 is 12.2 Å². The second-order valence-electron chi connectivity index (χ2n) is 5.29. The van der Waals surface area contributed by atoms with Gasteiger partial charge in [-0.3, -0.25) is 0 Å². The van der Waals surface area contributed by atoms with Crippen molar-refractivity contribution in [2.24, 2.45) is 0 Å². The maximum absolute atomic E-state index is 6.22. The summed E-state index contributed by atoms with van der Waals surface area (Å²) in [5, 5.41) is 4.10. The third-order valence-electron chi connectivity index (χ3n) is 3.93. The highest BCUT2D eigenvalue weighted by molar-refractivity contribution is 7.80. The fourth-order valence-corrected chi connectivity index (χ4v) is 3.34. The first-order valence-corrected chi connectivity index (χ1v) is 7.04. The van der Waals surface area contributed by atoms with Crippen LogP contribution < -0.4 is 14.8 Å². The zero-order valence-corrected chi connectivity index (χ0v) is 12.5. The first-order valence-electron chi connectivity index (χ1n) is 6.63. The van der Waals surface area contributed by atoms with E-state index in [2.05, 4.69) is 18.8 Å². The van der Waals surface area contributed by atoms with Crippen LogP contribution in [0.2, 0.25) is 0 Å². The van der Waals surface area contributed by atoms with Gasteiger partial charge in [-0.15, -0.1) is 6.58 Å². The monoisotopic (exact) mass is 290 g/mol. The largest absolute Gasteiger partial charge is 0.497 e. The van der Waals surface area contributed by atoms with Crippen molar-refractivity contribution in [1.29, 1.82) is 0 Å². The lowest BCUT2D eigenvalue weighted by atomic mass is 9.90. The predicted molar refractivity (Wildman–Crippen MR) is 82.0 cm³/mol. The first kappa shape index (κ1) is 13.2. The quantitative estimate of drug-likeness (QED) is 0.683. The molecule has 0 spiro atoms. The Morgan fingerprint density at radius 3 is 3.15 bits per heavy atom. The molecule has 5 heteroatoms. The summed E-state index contributed by atoms with van der Waals surface area (Å²) in [4.78, 5) is 2.04. The molecule has 2 atom stereocenters. The van der Waals surface area contributed by atoms with Crippen LogP contribution in [0.4, 0.5) is 0 Å². The third-order valence-corrected chi connectivity index (χ3v) is 4.27. The molecule has 3 rings (SSSR count). The van der Waals surface area contributed by atoms with Crippen molar-refractivity contribution in [3.8, 4) is 11.5 Å². The van der Waals surface area contributed by atoms with Crippen molar-refractivity contribution in [3.63, 3.8) is 0 Å². The molecule has 0 aromatic heterocycles. The van der Waals surface area contributed by atoms with Gasteiger partial charge in [0.25, 0.3) is 0 Å². The number of rotatable bonds is 3. The Hall–Kier alpha value is -1.75. The molecular formula is C15H18N2O2S. The van der Waals surface area contributed by atoms with E-state index in [4.69, 9.17) is 21.7 Å². The summed E-state index contributed by atoms with van der Waals surface area (Å²) in [6.07, 6.45) is 2.67. The van der Waals surface area contributed by atoms with Crippen LogP contribution in [-0.4, -0.2) is 29.4 Å². The summed E-state index contributed by atoms with van der Waals surface area (Å²) in [6.45, 7) is 6.53. The Labute approximate surface area is 124 Å². The van der Waals surface area contributed by atoms with Gasteiger partial charge < -0.3 is 19.7 Å². The van der Waals surface area contributed by atoms with E-state index in [0.29, 0.717) is 11.7 Å². The summed E-state index contributed by atoms with van der Waals surface area (Å²) in [6, 6.07) is 6.05. The molecule has 1 saturated heterocycles. The molecule has 2 bridgehead atoms. The van der Waals surface area contributed by atoms with Gasteiger partial charge >= 0.3 is 0 Å². The van der Waals surface area contributed by atoms with E-state index in [-0.39, 0.29) is 6.04 Å². The summed E-state index contributed by atoms with van der Waals surface area (Å²) < 4.78 is 11.5. The van der Waals surface area contributed by atoms with Gasteiger partial charge in [-0.25, -0.2) is 0 Å². The van der Waals surface area contributed by atoms with Gasteiger partial charge in [0, 0.05) is 18.5 Å². The molecule has 0 aliphatic carbocycles. The zero-order valence-electron chi connectivity index (χ0n) is 11.7. The molecule has 2 aliphatic rings. The van der Waals surface area contributed by atoms with E-state index in [1.807, 2.05) is 29.2 Å². The lowest BCUT2D eigenvalue weighted by Gasteiger charge is -2.52. The Kier molecular flexibility index (Phi) is 3.09. The molecule has 1 aromatic rings. The maximum Gasteiger partial charge on any atom is 0.184 e. The van der Waals surface area contributed by atoms with E-state index >= 15 is 0 Å². The minimum Gasteiger partial charge on any atom is -0.497 e. The minimum absolute atomic E-state index is 0.160. The van der Waals surface area contributed by atoms with E-state index in [0.717, 1.165) is 23.5 Å². The summed E-state index contributed by atoms with van der Waals surface area (Å²) in [7, 11) is 1.67.